The maximum absolute atomic E-state index is 12.0. The molecule has 0 aromatic carbocycles. The summed E-state index contributed by atoms with van der Waals surface area (Å²) in [6, 6.07) is -0.992. The van der Waals surface area contributed by atoms with Gasteiger partial charge in [0, 0.05) is 29.7 Å². The first-order valence-electron chi connectivity index (χ1n) is 7.21. The summed E-state index contributed by atoms with van der Waals surface area (Å²) in [7, 11) is 0. The number of aliphatic carboxylic acids is 1. The van der Waals surface area contributed by atoms with E-state index in [1.165, 1.54) is 22.5 Å². The number of carboxylic acids is 1. The maximum Gasteiger partial charge on any atom is 0.351 e. The highest BCUT2D eigenvalue weighted by atomic mass is 32.2. The Morgan fingerprint density at radius 1 is 1.58 bits per heavy atom. The number of aliphatic hydroxyl groups excluding tert-OH is 2. The second-order valence-corrected chi connectivity index (χ2v) is 6.45. The lowest BCUT2D eigenvalue weighted by molar-refractivity contribution is -0.137. The summed E-state index contributed by atoms with van der Waals surface area (Å²) in [4.78, 5) is 26.4. The van der Waals surface area contributed by atoms with Crippen LogP contribution in [0.1, 0.15) is 18.2 Å². The van der Waals surface area contributed by atoms with Gasteiger partial charge in [-0.15, -0.1) is 0 Å². The fourth-order valence-corrected chi connectivity index (χ4v) is 3.21. The molecule has 1 saturated heterocycles. The van der Waals surface area contributed by atoms with Crippen molar-refractivity contribution in [3.63, 3.8) is 0 Å². The van der Waals surface area contributed by atoms with Gasteiger partial charge in [0.2, 0.25) is 0 Å². The van der Waals surface area contributed by atoms with Crippen LogP contribution in [0.4, 0.5) is 5.82 Å². The Kier molecular flexibility index (Phi) is 6.18. The predicted octanol–water partition coefficient (Wildman–Crippen LogP) is -1.89. The average molecular weight is 360 g/mol. The molecular formula is C13H20N4O6S. The molecule has 1 fully saturated rings. The van der Waals surface area contributed by atoms with E-state index in [-0.39, 0.29) is 24.6 Å². The minimum absolute atomic E-state index is 0.0462. The lowest BCUT2D eigenvalue weighted by atomic mass is 10.2. The first-order valence-corrected chi connectivity index (χ1v) is 8.37. The first kappa shape index (κ1) is 18.7. The largest absolute Gasteiger partial charge is 0.480 e. The van der Waals surface area contributed by atoms with Gasteiger partial charge in [-0.05, 0) is 0 Å². The van der Waals surface area contributed by atoms with Crippen molar-refractivity contribution < 1.29 is 24.9 Å². The van der Waals surface area contributed by atoms with E-state index in [9.17, 15) is 14.7 Å². The van der Waals surface area contributed by atoms with Crippen molar-refractivity contribution in [3.05, 3.63) is 22.2 Å². The monoisotopic (exact) mass is 360 g/mol. The lowest BCUT2D eigenvalue weighted by Crippen LogP contribution is -2.32. The fraction of sp³-hybridized carbons (Fsp3) is 0.615. The predicted molar refractivity (Wildman–Crippen MR) is 86.3 cm³/mol. The molecule has 1 aromatic heterocycles. The van der Waals surface area contributed by atoms with Crippen LogP contribution in [0.2, 0.25) is 0 Å². The Morgan fingerprint density at radius 2 is 2.29 bits per heavy atom. The molecule has 0 spiro atoms. The van der Waals surface area contributed by atoms with E-state index in [1.807, 2.05) is 0 Å². The summed E-state index contributed by atoms with van der Waals surface area (Å²) in [6.45, 7) is -0.357. The van der Waals surface area contributed by atoms with Gasteiger partial charge >= 0.3 is 11.7 Å². The maximum atomic E-state index is 12.0. The Labute approximate surface area is 141 Å². The smallest absolute Gasteiger partial charge is 0.351 e. The van der Waals surface area contributed by atoms with Crippen LogP contribution >= 0.6 is 11.8 Å². The number of carbonyl (C=O) groups is 1. The number of nitrogen functional groups attached to an aromatic ring is 1. The molecule has 0 amide bonds. The van der Waals surface area contributed by atoms with Crippen molar-refractivity contribution in [1.29, 1.82) is 0 Å². The lowest BCUT2D eigenvalue weighted by Gasteiger charge is -2.16. The van der Waals surface area contributed by atoms with Crippen LogP contribution in [-0.2, 0) is 15.3 Å². The van der Waals surface area contributed by atoms with E-state index >= 15 is 0 Å². The van der Waals surface area contributed by atoms with Crippen molar-refractivity contribution in [3.8, 4) is 0 Å². The van der Waals surface area contributed by atoms with Gasteiger partial charge in [-0.25, -0.2) is 4.79 Å². The van der Waals surface area contributed by atoms with Gasteiger partial charge in [-0.2, -0.15) is 16.7 Å². The quantitative estimate of drug-likeness (QED) is 0.370. The number of anilines is 1. The second-order valence-electron chi connectivity index (χ2n) is 5.42. The number of hydrogen-bond donors (Lipinski definition) is 5. The Hall–Kier alpha value is -1.66. The van der Waals surface area contributed by atoms with E-state index in [4.69, 9.17) is 26.4 Å². The zero-order chi connectivity index (χ0) is 17.9. The van der Waals surface area contributed by atoms with Gasteiger partial charge in [0.25, 0.3) is 0 Å². The van der Waals surface area contributed by atoms with Gasteiger partial charge in [0.05, 0.1) is 12.7 Å². The molecule has 24 heavy (non-hydrogen) atoms. The Balaban J connectivity index is 2.11. The summed E-state index contributed by atoms with van der Waals surface area (Å²) in [5.74, 6) is -0.551. The van der Waals surface area contributed by atoms with Gasteiger partial charge in [0.1, 0.15) is 24.2 Å². The molecule has 0 radical (unpaired) electrons. The molecule has 7 N–H and O–H groups in total. The Morgan fingerprint density at radius 3 is 2.88 bits per heavy atom. The number of thioether (sulfide) groups is 1. The molecule has 0 bridgehead atoms. The van der Waals surface area contributed by atoms with Crippen LogP contribution in [0.5, 0.6) is 0 Å². The van der Waals surface area contributed by atoms with Gasteiger partial charge in [0.15, 0.2) is 0 Å². The third kappa shape index (κ3) is 4.24. The van der Waals surface area contributed by atoms with Crippen molar-refractivity contribution >= 4 is 23.5 Å². The molecule has 4 atom stereocenters. The van der Waals surface area contributed by atoms with Crippen LogP contribution < -0.4 is 17.2 Å². The molecule has 0 aliphatic carbocycles. The number of ether oxygens (including phenoxy) is 1. The van der Waals surface area contributed by atoms with E-state index in [2.05, 4.69) is 4.98 Å². The standard InChI is InChI=1S/C13H20N4O6S/c14-7(12(20)21)5-24-4-6-2-17(13(22)16-11(6)15)10-1-8(19)9(3-18)23-10/h2,7-10,18-19H,1,3-5,14H2,(H,20,21)(H2,15,16,22)/t7-,8?,9+,10+/m0/s1. The van der Waals surface area contributed by atoms with Crippen molar-refractivity contribution in [2.75, 3.05) is 18.1 Å². The number of aliphatic hydroxyl groups is 2. The van der Waals surface area contributed by atoms with Gasteiger partial charge in [-0.3, -0.25) is 9.36 Å². The van der Waals surface area contributed by atoms with E-state index in [1.54, 1.807) is 0 Å². The SMILES string of the molecule is Nc1nc(=O)n([C@H]2CC(O)[C@@H](CO)O2)cc1CSC[C@H](N)C(=O)O. The number of hydrogen-bond acceptors (Lipinski definition) is 9. The Bertz CT molecular complexity index is 654. The molecule has 1 aliphatic heterocycles. The summed E-state index contributed by atoms with van der Waals surface area (Å²) in [6.07, 6.45) is -0.765. The van der Waals surface area contributed by atoms with Gasteiger partial charge in [-0.1, -0.05) is 0 Å². The summed E-state index contributed by atoms with van der Waals surface area (Å²) in [5, 5.41) is 27.6. The molecule has 2 rings (SSSR count). The highest BCUT2D eigenvalue weighted by Crippen LogP contribution is 2.28. The minimum atomic E-state index is -1.10. The summed E-state index contributed by atoms with van der Waals surface area (Å²) >= 11 is 1.25. The number of rotatable bonds is 7. The average Bonchev–Trinajstić information content (AvgIpc) is 2.89. The molecular weight excluding hydrogens is 340 g/mol. The van der Waals surface area contributed by atoms with E-state index < -0.39 is 36.1 Å². The molecule has 1 unspecified atom stereocenters. The number of nitrogens with two attached hydrogens (primary N) is 2. The number of carboxylic acid groups (broad SMARTS) is 1. The fourth-order valence-electron chi connectivity index (χ4n) is 2.26. The first-order chi connectivity index (χ1) is 11.3. The number of nitrogens with zero attached hydrogens (tertiary/aromatic N) is 2. The molecule has 2 heterocycles. The molecule has 0 saturated carbocycles. The molecule has 134 valence electrons. The molecule has 1 aromatic rings. The summed E-state index contributed by atoms with van der Waals surface area (Å²) < 4.78 is 6.65. The van der Waals surface area contributed by atoms with E-state index in [0.29, 0.717) is 11.3 Å². The summed E-state index contributed by atoms with van der Waals surface area (Å²) in [5.41, 5.74) is 11.1. The molecule has 11 heteroatoms. The topological polar surface area (TPSA) is 174 Å². The zero-order valence-electron chi connectivity index (χ0n) is 12.7. The van der Waals surface area contributed by atoms with Crippen molar-refractivity contribution in [2.24, 2.45) is 5.73 Å². The second kappa shape index (κ2) is 7.94. The van der Waals surface area contributed by atoms with Crippen LogP contribution in [-0.4, -0.2) is 61.4 Å². The minimum Gasteiger partial charge on any atom is -0.480 e. The van der Waals surface area contributed by atoms with Crippen molar-refractivity contribution in [2.45, 2.75) is 36.7 Å². The van der Waals surface area contributed by atoms with Crippen LogP contribution in [0.15, 0.2) is 11.0 Å². The van der Waals surface area contributed by atoms with Crippen LogP contribution in [0.3, 0.4) is 0 Å². The van der Waals surface area contributed by atoms with Crippen LogP contribution in [0, 0.1) is 0 Å². The van der Waals surface area contributed by atoms with Gasteiger partial charge < -0.3 is 31.5 Å². The van der Waals surface area contributed by atoms with E-state index in [0.717, 1.165) is 0 Å². The molecule has 1 aliphatic rings. The highest BCUT2D eigenvalue weighted by molar-refractivity contribution is 7.98. The van der Waals surface area contributed by atoms with Crippen molar-refractivity contribution in [1.82, 2.24) is 9.55 Å². The third-order valence-corrected chi connectivity index (χ3v) is 4.74. The third-order valence-electron chi connectivity index (χ3n) is 3.63. The molecule has 10 nitrogen and oxygen atoms in total. The normalized spacial score (nSPS) is 24.9. The number of aromatic nitrogens is 2. The van der Waals surface area contributed by atoms with Crippen LogP contribution in [0.25, 0.3) is 0 Å². The highest BCUT2D eigenvalue weighted by Gasteiger charge is 2.35. The zero-order valence-corrected chi connectivity index (χ0v) is 13.6.